The molecule has 6 heteroatoms. The molecule has 0 aromatic heterocycles. The Hall–Kier alpha value is -2.73. The first-order chi connectivity index (χ1) is 13.8. The van der Waals surface area contributed by atoms with Crippen molar-refractivity contribution in [2.75, 3.05) is 19.5 Å². The van der Waals surface area contributed by atoms with Gasteiger partial charge in [0.1, 0.15) is 17.2 Å². The van der Waals surface area contributed by atoms with Crippen LogP contribution in [0.1, 0.15) is 65.7 Å². The molecule has 0 amide bonds. The van der Waals surface area contributed by atoms with Crippen molar-refractivity contribution in [3.05, 3.63) is 47.0 Å². The van der Waals surface area contributed by atoms with Crippen molar-refractivity contribution >= 4 is 11.7 Å². The lowest BCUT2D eigenvalue weighted by Gasteiger charge is -2.28. The molecule has 2 aromatic carbocycles. The smallest absolute Gasteiger partial charge is 0.370 e. The number of carbonyl (C=O) groups is 1. The van der Waals surface area contributed by atoms with E-state index in [1.54, 1.807) is 25.3 Å². The highest BCUT2D eigenvalue weighted by Gasteiger charge is 2.51. The Bertz CT molecular complexity index is 985. The number of methoxy groups -OCH3 is 2. The van der Waals surface area contributed by atoms with E-state index >= 15 is 0 Å². The first-order valence-corrected chi connectivity index (χ1v) is 9.95. The zero-order valence-corrected chi connectivity index (χ0v) is 19.0. The molecule has 1 aliphatic heterocycles. The molecule has 1 atom stereocenters. The number of ether oxygens (including phenoxy) is 3. The van der Waals surface area contributed by atoms with E-state index in [0.717, 1.165) is 11.1 Å². The highest BCUT2D eigenvalue weighted by Crippen LogP contribution is 2.47. The lowest BCUT2D eigenvalue weighted by molar-refractivity contribution is -0.149. The van der Waals surface area contributed by atoms with E-state index in [9.17, 15) is 9.90 Å². The number of hydrogen-bond acceptors (Lipinski definition) is 6. The molecule has 31 heavy (non-hydrogen) atoms. The molecule has 1 heterocycles. The summed E-state index contributed by atoms with van der Waals surface area (Å²) in [4.78, 5) is 12.9. The molecule has 0 saturated heterocycles. The molecule has 6 nitrogen and oxygen atoms in total. The third-order valence-electron chi connectivity index (χ3n) is 5.37. The third-order valence-corrected chi connectivity index (χ3v) is 5.37. The SMILES string of the molecule is C.COc1ccc(NC2(O)C(=O)Oc3c(C(C)(C)C)cc(C(C)(C)C)cc32)c(OC)c1. The molecule has 0 aliphatic carbocycles. The Labute approximate surface area is 185 Å². The van der Waals surface area contributed by atoms with Crippen LogP contribution in [0.5, 0.6) is 17.2 Å². The fourth-order valence-electron chi connectivity index (χ4n) is 3.49. The molecule has 0 spiro atoms. The quantitative estimate of drug-likeness (QED) is 0.399. The van der Waals surface area contributed by atoms with Crippen molar-refractivity contribution < 1.29 is 24.1 Å². The molecular formula is C25H35NO5. The van der Waals surface area contributed by atoms with E-state index < -0.39 is 11.7 Å². The van der Waals surface area contributed by atoms with Crippen molar-refractivity contribution in [2.45, 2.75) is 65.5 Å². The Morgan fingerprint density at radius 3 is 2.13 bits per heavy atom. The number of carbonyl (C=O) groups excluding carboxylic acids is 1. The molecule has 3 rings (SSSR count). The van der Waals surface area contributed by atoms with Gasteiger partial charge in [-0.3, -0.25) is 0 Å². The Kier molecular flexibility index (Phi) is 6.39. The fourth-order valence-corrected chi connectivity index (χ4v) is 3.49. The molecule has 0 radical (unpaired) electrons. The summed E-state index contributed by atoms with van der Waals surface area (Å²) in [5, 5.41) is 14.5. The number of benzene rings is 2. The number of anilines is 1. The van der Waals surface area contributed by atoms with Crippen LogP contribution in [-0.4, -0.2) is 25.3 Å². The van der Waals surface area contributed by atoms with Gasteiger partial charge in [0.25, 0.3) is 5.72 Å². The molecular weight excluding hydrogens is 394 g/mol. The van der Waals surface area contributed by atoms with E-state index in [2.05, 4.69) is 52.9 Å². The van der Waals surface area contributed by atoms with Crippen LogP contribution in [0, 0.1) is 0 Å². The van der Waals surface area contributed by atoms with Crippen LogP contribution in [0.4, 0.5) is 5.69 Å². The van der Waals surface area contributed by atoms with Crippen LogP contribution >= 0.6 is 0 Å². The van der Waals surface area contributed by atoms with Gasteiger partial charge in [0, 0.05) is 11.6 Å². The molecule has 0 fully saturated rings. The molecule has 2 aromatic rings. The van der Waals surface area contributed by atoms with E-state index in [1.165, 1.54) is 7.11 Å². The van der Waals surface area contributed by atoms with Crippen LogP contribution in [0.2, 0.25) is 0 Å². The molecule has 170 valence electrons. The van der Waals surface area contributed by atoms with Crippen LogP contribution in [0.25, 0.3) is 0 Å². The average molecular weight is 430 g/mol. The van der Waals surface area contributed by atoms with E-state index in [1.807, 2.05) is 6.07 Å². The van der Waals surface area contributed by atoms with E-state index in [4.69, 9.17) is 14.2 Å². The van der Waals surface area contributed by atoms with E-state index in [0.29, 0.717) is 28.5 Å². The Balaban J connectivity index is 0.00000341. The maximum absolute atomic E-state index is 12.9. The van der Waals surface area contributed by atoms with Gasteiger partial charge in [-0.25, -0.2) is 4.79 Å². The molecule has 1 aliphatic rings. The number of nitrogens with one attached hydrogen (secondary N) is 1. The van der Waals surface area contributed by atoms with Gasteiger partial charge < -0.3 is 24.6 Å². The maximum Gasteiger partial charge on any atom is 0.370 e. The van der Waals surface area contributed by atoms with Crippen molar-refractivity contribution in [2.24, 2.45) is 0 Å². The second kappa shape index (κ2) is 8.08. The third kappa shape index (κ3) is 4.35. The average Bonchev–Trinajstić information content (AvgIpc) is 2.90. The predicted octanol–water partition coefficient (Wildman–Crippen LogP) is 5.11. The van der Waals surface area contributed by atoms with Crippen molar-refractivity contribution in [1.29, 1.82) is 0 Å². The molecule has 1 unspecified atom stereocenters. The second-order valence-electron chi connectivity index (χ2n) is 9.69. The standard InChI is InChI=1S/C24H31NO5.CH4/c1-22(2,3)14-11-16(23(4,5)6)20-17(12-14)24(27,21(26)30-20)25-18-10-9-15(28-7)13-19(18)29-8;/h9-13,25,27H,1-8H3;1H4. The van der Waals surface area contributed by atoms with Gasteiger partial charge in [-0.1, -0.05) is 55.0 Å². The van der Waals surface area contributed by atoms with Crippen molar-refractivity contribution in [1.82, 2.24) is 0 Å². The monoisotopic (exact) mass is 429 g/mol. The zero-order chi connectivity index (χ0) is 22.5. The number of hydrogen-bond donors (Lipinski definition) is 2. The molecule has 0 bridgehead atoms. The summed E-state index contributed by atoms with van der Waals surface area (Å²) in [5.41, 5.74) is 0.225. The molecule has 2 N–H and O–H groups in total. The summed E-state index contributed by atoms with van der Waals surface area (Å²) in [6.45, 7) is 12.5. The summed E-state index contributed by atoms with van der Waals surface area (Å²) in [6, 6.07) is 9.00. The highest BCUT2D eigenvalue weighted by atomic mass is 16.6. The van der Waals surface area contributed by atoms with Crippen molar-refractivity contribution in [3.8, 4) is 17.2 Å². The van der Waals surface area contributed by atoms with Gasteiger partial charge in [-0.15, -0.1) is 0 Å². The van der Waals surface area contributed by atoms with Crippen LogP contribution in [0.15, 0.2) is 30.3 Å². The predicted molar refractivity (Wildman–Crippen MR) is 123 cm³/mol. The first kappa shape index (κ1) is 24.5. The summed E-state index contributed by atoms with van der Waals surface area (Å²) in [6.07, 6.45) is 0. The largest absolute Gasteiger partial charge is 0.497 e. The number of esters is 1. The lowest BCUT2D eigenvalue weighted by atomic mass is 9.78. The first-order valence-electron chi connectivity index (χ1n) is 9.95. The Morgan fingerprint density at radius 2 is 1.61 bits per heavy atom. The van der Waals surface area contributed by atoms with Gasteiger partial charge >= 0.3 is 5.97 Å². The molecule has 0 saturated carbocycles. The van der Waals surface area contributed by atoms with Crippen LogP contribution in [0.3, 0.4) is 0 Å². The summed E-state index contributed by atoms with van der Waals surface area (Å²) in [5.74, 6) is 0.672. The highest BCUT2D eigenvalue weighted by molar-refractivity contribution is 5.92. The minimum atomic E-state index is -2.04. The summed E-state index contributed by atoms with van der Waals surface area (Å²) < 4.78 is 16.3. The van der Waals surface area contributed by atoms with Gasteiger partial charge in [0.15, 0.2) is 0 Å². The van der Waals surface area contributed by atoms with E-state index in [-0.39, 0.29) is 18.3 Å². The van der Waals surface area contributed by atoms with Gasteiger partial charge in [0.2, 0.25) is 0 Å². The maximum atomic E-state index is 12.9. The van der Waals surface area contributed by atoms with Crippen molar-refractivity contribution in [3.63, 3.8) is 0 Å². The normalized spacial score (nSPS) is 18.0. The Morgan fingerprint density at radius 1 is 0.968 bits per heavy atom. The van der Waals surface area contributed by atoms with Gasteiger partial charge in [0.05, 0.1) is 25.5 Å². The zero-order valence-electron chi connectivity index (χ0n) is 19.0. The second-order valence-corrected chi connectivity index (χ2v) is 9.69. The van der Waals surface area contributed by atoms with Crippen LogP contribution < -0.4 is 19.5 Å². The summed E-state index contributed by atoms with van der Waals surface area (Å²) >= 11 is 0. The minimum Gasteiger partial charge on any atom is -0.497 e. The number of rotatable bonds is 4. The van der Waals surface area contributed by atoms with Gasteiger partial charge in [-0.05, 0) is 34.6 Å². The summed E-state index contributed by atoms with van der Waals surface area (Å²) in [7, 11) is 3.07. The fraction of sp³-hybridized carbons (Fsp3) is 0.480. The lowest BCUT2D eigenvalue weighted by Crippen LogP contribution is -2.41. The minimum absolute atomic E-state index is 0. The topological polar surface area (TPSA) is 77.0 Å². The number of aliphatic hydroxyl groups is 1. The number of fused-ring (bicyclic) bond motifs is 1. The van der Waals surface area contributed by atoms with Crippen LogP contribution in [-0.2, 0) is 21.3 Å². The van der Waals surface area contributed by atoms with Gasteiger partial charge in [-0.2, -0.15) is 0 Å².